The molecule has 0 amide bonds. The van der Waals surface area contributed by atoms with Crippen molar-refractivity contribution in [1.29, 1.82) is 0 Å². The molecule has 1 aromatic rings. The van der Waals surface area contributed by atoms with Crippen molar-refractivity contribution < 1.29 is 4.92 Å². The van der Waals surface area contributed by atoms with Gasteiger partial charge in [0.25, 0.3) is 5.69 Å². The summed E-state index contributed by atoms with van der Waals surface area (Å²) in [6, 6.07) is 7.14. The van der Waals surface area contributed by atoms with E-state index >= 15 is 0 Å². The second-order valence-electron chi connectivity index (χ2n) is 5.66. The maximum atomic E-state index is 10.8. The lowest BCUT2D eigenvalue weighted by Crippen LogP contribution is -2.22. The van der Waals surface area contributed by atoms with Crippen molar-refractivity contribution >= 4 is 5.69 Å². The summed E-state index contributed by atoms with van der Waals surface area (Å²) in [5.41, 5.74) is 1.17. The molecule has 0 fully saturated rings. The van der Waals surface area contributed by atoms with Crippen LogP contribution >= 0.6 is 0 Å². The van der Waals surface area contributed by atoms with Crippen LogP contribution in [-0.4, -0.2) is 11.5 Å². The predicted molar refractivity (Wildman–Crippen MR) is 82.8 cm³/mol. The number of benzene rings is 1. The average Bonchev–Trinajstić information content (AvgIpc) is 2.42. The van der Waals surface area contributed by atoms with Gasteiger partial charge in [-0.3, -0.25) is 10.1 Å². The molecule has 0 saturated heterocycles. The summed E-state index contributed by atoms with van der Waals surface area (Å²) in [4.78, 5) is 10.5. The maximum Gasteiger partial charge on any atom is 0.269 e. The lowest BCUT2D eigenvalue weighted by atomic mass is 10.0. The van der Waals surface area contributed by atoms with Gasteiger partial charge in [0.2, 0.25) is 0 Å². The van der Waals surface area contributed by atoms with Crippen molar-refractivity contribution in [3.05, 3.63) is 39.9 Å². The molecule has 1 N–H and O–H groups in total. The summed E-state index contributed by atoms with van der Waals surface area (Å²) in [7, 11) is 0. The Balaban J connectivity index is 2.49. The first-order chi connectivity index (χ1) is 9.54. The van der Waals surface area contributed by atoms with Crippen LogP contribution in [-0.2, 0) is 0 Å². The highest BCUT2D eigenvalue weighted by Crippen LogP contribution is 2.21. The van der Waals surface area contributed by atoms with Gasteiger partial charge in [-0.05, 0) is 30.9 Å². The Morgan fingerprint density at radius 1 is 1.30 bits per heavy atom. The first-order valence-corrected chi connectivity index (χ1v) is 7.52. The lowest BCUT2D eigenvalue weighted by molar-refractivity contribution is -0.384. The van der Waals surface area contributed by atoms with Gasteiger partial charge in [-0.1, -0.05) is 45.7 Å². The van der Waals surface area contributed by atoms with Crippen LogP contribution in [0.2, 0.25) is 0 Å². The molecule has 0 radical (unpaired) electrons. The van der Waals surface area contributed by atoms with Crippen molar-refractivity contribution in [2.75, 3.05) is 6.54 Å². The molecule has 0 aliphatic heterocycles. The van der Waals surface area contributed by atoms with Crippen molar-refractivity contribution in [2.45, 2.75) is 52.5 Å². The third-order valence-corrected chi connectivity index (χ3v) is 3.49. The number of rotatable bonds is 9. The number of unbranched alkanes of at least 4 members (excludes halogenated alkanes) is 1. The van der Waals surface area contributed by atoms with Crippen LogP contribution in [0.25, 0.3) is 0 Å². The molecule has 4 nitrogen and oxygen atoms in total. The molecule has 4 heteroatoms. The molecular weight excluding hydrogens is 252 g/mol. The SMILES string of the molecule is CCC(NCCCCC(C)C)c1cccc([N+](=O)[O-])c1. The standard InChI is InChI=1S/C16H26N2O2/c1-4-16(17-11-6-5-8-13(2)3)14-9-7-10-15(12-14)18(19)20/h7,9-10,12-13,16-17H,4-6,8,11H2,1-3H3. The van der Waals surface area contributed by atoms with E-state index in [9.17, 15) is 10.1 Å². The van der Waals surface area contributed by atoms with Crippen LogP contribution in [0.4, 0.5) is 5.69 Å². The summed E-state index contributed by atoms with van der Waals surface area (Å²) >= 11 is 0. The molecule has 1 rings (SSSR count). The Labute approximate surface area is 121 Å². The molecule has 0 aliphatic carbocycles. The summed E-state index contributed by atoms with van der Waals surface area (Å²) in [5, 5.41) is 14.3. The Kier molecular flexibility index (Phi) is 7.23. The number of nitrogens with one attached hydrogen (secondary N) is 1. The van der Waals surface area contributed by atoms with Crippen molar-refractivity contribution in [1.82, 2.24) is 5.32 Å². The van der Waals surface area contributed by atoms with E-state index in [1.54, 1.807) is 18.2 Å². The number of hydrogen-bond donors (Lipinski definition) is 1. The quantitative estimate of drug-likeness (QED) is 0.412. The van der Waals surface area contributed by atoms with Crippen LogP contribution in [0.3, 0.4) is 0 Å². The Morgan fingerprint density at radius 2 is 2.05 bits per heavy atom. The average molecular weight is 278 g/mol. The maximum absolute atomic E-state index is 10.8. The highest BCUT2D eigenvalue weighted by molar-refractivity contribution is 5.35. The molecule has 0 aromatic heterocycles. The summed E-state index contributed by atoms with van der Waals surface area (Å²) < 4.78 is 0. The first-order valence-electron chi connectivity index (χ1n) is 7.52. The Hall–Kier alpha value is -1.42. The van der Waals surface area contributed by atoms with Crippen LogP contribution in [0.5, 0.6) is 0 Å². The van der Waals surface area contributed by atoms with E-state index in [4.69, 9.17) is 0 Å². The molecule has 0 saturated carbocycles. The highest BCUT2D eigenvalue weighted by atomic mass is 16.6. The van der Waals surface area contributed by atoms with Crippen molar-refractivity contribution in [3.8, 4) is 0 Å². The first kappa shape index (κ1) is 16.6. The zero-order valence-electron chi connectivity index (χ0n) is 12.8. The van der Waals surface area contributed by atoms with Gasteiger partial charge in [0.15, 0.2) is 0 Å². The van der Waals surface area contributed by atoms with Gasteiger partial charge in [-0.2, -0.15) is 0 Å². The minimum Gasteiger partial charge on any atom is -0.310 e. The summed E-state index contributed by atoms with van der Waals surface area (Å²) in [5.74, 6) is 0.758. The van der Waals surface area contributed by atoms with Gasteiger partial charge in [-0.15, -0.1) is 0 Å². The van der Waals surface area contributed by atoms with E-state index in [1.807, 2.05) is 6.07 Å². The monoisotopic (exact) mass is 278 g/mol. The second kappa shape index (κ2) is 8.69. The third-order valence-electron chi connectivity index (χ3n) is 3.49. The molecule has 0 spiro atoms. The fourth-order valence-electron chi connectivity index (χ4n) is 2.31. The van der Waals surface area contributed by atoms with E-state index in [1.165, 1.54) is 12.8 Å². The van der Waals surface area contributed by atoms with E-state index in [-0.39, 0.29) is 16.7 Å². The smallest absolute Gasteiger partial charge is 0.269 e. The van der Waals surface area contributed by atoms with E-state index in [0.29, 0.717) is 0 Å². The normalized spacial score (nSPS) is 12.6. The number of nitrogens with zero attached hydrogens (tertiary/aromatic N) is 1. The molecule has 0 heterocycles. The largest absolute Gasteiger partial charge is 0.310 e. The van der Waals surface area contributed by atoms with Crippen LogP contribution in [0, 0.1) is 16.0 Å². The second-order valence-corrected chi connectivity index (χ2v) is 5.66. The van der Waals surface area contributed by atoms with Crippen LogP contribution in [0.1, 0.15) is 58.1 Å². The molecule has 1 aromatic carbocycles. The van der Waals surface area contributed by atoms with E-state index in [0.717, 1.165) is 30.9 Å². The van der Waals surface area contributed by atoms with Crippen molar-refractivity contribution in [2.24, 2.45) is 5.92 Å². The fraction of sp³-hybridized carbons (Fsp3) is 0.625. The van der Waals surface area contributed by atoms with Crippen LogP contribution in [0.15, 0.2) is 24.3 Å². The van der Waals surface area contributed by atoms with Crippen LogP contribution < -0.4 is 5.32 Å². The molecule has 1 unspecified atom stereocenters. The number of hydrogen-bond acceptors (Lipinski definition) is 3. The van der Waals surface area contributed by atoms with Gasteiger partial charge in [-0.25, -0.2) is 0 Å². The van der Waals surface area contributed by atoms with Gasteiger partial charge >= 0.3 is 0 Å². The van der Waals surface area contributed by atoms with Gasteiger partial charge in [0.1, 0.15) is 0 Å². The highest BCUT2D eigenvalue weighted by Gasteiger charge is 2.12. The summed E-state index contributed by atoms with van der Waals surface area (Å²) in [6.45, 7) is 7.55. The van der Waals surface area contributed by atoms with E-state index < -0.39 is 0 Å². The zero-order valence-corrected chi connectivity index (χ0v) is 12.8. The third kappa shape index (κ3) is 5.70. The van der Waals surface area contributed by atoms with E-state index in [2.05, 4.69) is 26.1 Å². The van der Waals surface area contributed by atoms with Gasteiger partial charge < -0.3 is 5.32 Å². The molecule has 20 heavy (non-hydrogen) atoms. The van der Waals surface area contributed by atoms with Gasteiger partial charge in [0.05, 0.1) is 4.92 Å². The minimum atomic E-state index is -0.334. The molecule has 1 atom stereocenters. The Morgan fingerprint density at radius 3 is 2.65 bits per heavy atom. The fourth-order valence-corrected chi connectivity index (χ4v) is 2.31. The number of nitro benzene ring substituents is 1. The molecular formula is C16H26N2O2. The number of nitro groups is 1. The minimum absolute atomic E-state index is 0.169. The molecule has 0 bridgehead atoms. The Bertz CT molecular complexity index is 419. The number of non-ortho nitro benzene ring substituents is 1. The zero-order chi connectivity index (χ0) is 15.0. The van der Waals surface area contributed by atoms with Gasteiger partial charge in [0, 0.05) is 18.2 Å². The predicted octanol–water partition coefficient (Wildman–Crippen LogP) is 4.46. The molecule has 0 aliphatic rings. The van der Waals surface area contributed by atoms with Crippen molar-refractivity contribution in [3.63, 3.8) is 0 Å². The summed E-state index contributed by atoms with van der Waals surface area (Å²) in [6.07, 6.45) is 4.58. The molecule has 112 valence electrons. The topological polar surface area (TPSA) is 55.2 Å². The lowest BCUT2D eigenvalue weighted by Gasteiger charge is -2.17.